The fraction of sp³-hybridized carbons (Fsp3) is 0.267. The zero-order chi connectivity index (χ0) is 12.4. The standard InChI is InChI=1S/C15H15BrN2/c16-14-6-3-7-15(18-14)17-13-9-8-11-4-1-2-5-12(11)10-13/h1-7,13H,8-10H2,(H,17,18). The van der Waals surface area contributed by atoms with Crippen molar-refractivity contribution in [1.82, 2.24) is 4.98 Å². The third kappa shape index (κ3) is 2.56. The molecule has 2 aromatic rings. The molecule has 0 spiro atoms. The molecule has 1 atom stereocenters. The van der Waals surface area contributed by atoms with Crippen molar-refractivity contribution in [3.63, 3.8) is 0 Å². The predicted molar refractivity (Wildman–Crippen MR) is 77.8 cm³/mol. The Morgan fingerprint density at radius 1 is 1.06 bits per heavy atom. The van der Waals surface area contributed by atoms with Gasteiger partial charge in [-0.3, -0.25) is 0 Å². The second-order valence-electron chi connectivity index (χ2n) is 4.70. The number of aromatic nitrogens is 1. The lowest BCUT2D eigenvalue weighted by Crippen LogP contribution is -2.27. The molecule has 1 aromatic carbocycles. The summed E-state index contributed by atoms with van der Waals surface area (Å²) in [6.07, 6.45) is 3.41. The van der Waals surface area contributed by atoms with Crippen LogP contribution in [0.25, 0.3) is 0 Å². The minimum Gasteiger partial charge on any atom is -0.367 e. The van der Waals surface area contributed by atoms with E-state index in [-0.39, 0.29) is 0 Å². The maximum Gasteiger partial charge on any atom is 0.127 e. The molecule has 1 N–H and O–H groups in total. The van der Waals surface area contributed by atoms with Crippen LogP contribution in [0.3, 0.4) is 0 Å². The maximum atomic E-state index is 4.43. The predicted octanol–water partition coefficient (Wildman–Crippen LogP) is 3.81. The van der Waals surface area contributed by atoms with Crippen molar-refractivity contribution in [3.05, 3.63) is 58.2 Å². The van der Waals surface area contributed by atoms with Crippen molar-refractivity contribution < 1.29 is 0 Å². The average molecular weight is 303 g/mol. The smallest absolute Gasteiger partial charge is 0.127 e. The van der Waals surface area contributed by atoms with Gasteiger partial charge in [0.15, 0.2) is 0 Å². The molecule has 0 saturated heterocycles. The summed E-state index contributed by atoms with van der Waals surface area (Å²) in [6, 6.07) is 15.2. The molecule has 1 unspecified atom stereocenters. The highest BCUT2D eigenvalue weighted by Gasteiger charge is 2.18. The summed E-state index contributed by atoms with van der Waals surface area (Å²) in [4.78, 5) is 4.43. The molecule has 0 fully saturated rings. The fourth-order valence-corrected chi connectivity index (χ4v) is 2.86. The molecule has 18 heavy (non-hydrogen) atoms. The monoisotopic (exact) mass is 302 g/mol. The van der Waals surface area contributed by atoms with E-state index in [1.165, 1.54) is 17.5 Å². The summed E-state index contributed by atoms with van der Waals surface area (Å²) in [7, 11) is 0. The number of aryl methyl sites for hydroxylation is 1. The van der Waals surface area contributed by atoms with Gasteiger partial charge in [-0.05, 0) is 58.5 Å². The van der Waals surface area contributed by atoms with E-state index in [2.05, 4.69) is 50.5 Å². The van der Waals surface area contributed by atoms with Crippen molar-refractivity contribution in [3.8, 4) is 0 Å². The van der Waals surface area contributed by atoms with Crippen molar-refractivity contribution in [1.29, 1.82) is 0 Å². The highest BCUT2D eigenvalue weighted by molar-refractivity contribution is 9.10. The van der Waals surface area contributed by atoms with E-state index in [0.717, 1.165) is 23.3 Å². The van der Waals surface area contributed by atoms with E-state index in [1.807, 2.05) is 18.2 Å². The molecule has 1 aliphatic rings. The molecular formula is C15H15BrN2. The minimum absolute atomic E-state index is 0.488. The number of nitrogens with zero attached hydrogens (tertiary/aromatic N) is 1. The van der Waals surface area contributed by atoms with E-state index >= 15 is 0 Å². The van der Waals surface area contributed by atoms with Gasteiger partial charge >= 0.3 is 0 Å². The number of halogens is 1. The Hall–Kier alpha value is -1.35. The lowest BCUT2D eigenvalue weighted by Gasteiger charge is -2.25. The number of fused-ring (bicyclic) bond motifs is 1. The van der Waals surface area contributed by atoms with E-state index in [9.17, 15) is 0 Å². The zero-order valence-electron chi connectivity index (χ0n) is 10.1. The van der Waals surface area contributed by atoms with Gasteiger partial charge in [-0.1, -0.05) is 30.3 Å². The molecule has 92 valence electrons. The number of benzene rings is 1. The third-order valence-corrected chi connectivity index (χ3v) is 3.86. The molecule has 3 heteroatoms. The first-order valence-electron chi connectivity index (χ1n) is 6.27. The summed E-state index contributed by atoms with van der Waals surface area (Å²) < 4.78 is 0.878. The quantitative estimate of drug-likeness (QED) is 0.853. The van der Waals surface area contributed by atoms with Crippen molar-refractivity contribution >= 4 is 21.7 Å². The van der Waals surface area contributed by atoms with Gasteiger partial charge in [-0.25, -0.2) is 4.98 Å². The van der Waals surface area contributed by atoms with Gasteiger partial charge in [0.05, 0.1) is 0 Å². The van der Waals surface area contributed by atoms with Crippen LogP contribution < -0.4 is 5.32 Å². The van der Waals surface area contributed by atoms with Crippen LogP contribution in [-0.2, 0) is 12.8 Å². The molecule has 0 bridgehead atoms. The molecule has 0 amide bonds. The average Bonchev–Trinajstić information content (AvgIpc) is 2.39. The Kier molecular flexibility index (Phi) is 3.33. The highest BCUT2D eigenvalue weighted by Crippen LogP contribution is 2.23. The Balaban J connectivity index is 1.73. The van der Waals surface area contributed by atoms with Gasteiger partial charge in [0.2, 0.25) is 0 Å². The van der Waals surface area contributed by atoms with Crippen LogP contribution in [0.1, 0.15) is 17.5 Å². The first-order valence-corrected chi connectivity index (χ1v) is 7.06. The summed E-state index contributed by atoms with van der Waals surface area (Å²) in [6.45, 7) is 0. The number of hydrogen-bond acceptors (Lipinski definition) is 2. The van der Waals surface area contributed by atoms with Gasteiger partial charge < -0.3 is 5.32 Å². The van der Waals surface area contributed by atoms with Crippen LogP contribution in [-0.4, -0.2) is 11.0 Å². The van der Waals surface area contributed by atoms with Gasteiger partial charge in [-0.2, -0.15) is 0 Å². The molecule has 1 heterocycles. The second-order valence-corrected chi connectivity index (χ2v) is 5.51. The van der Waals surface area contributed by atoms with Crippen LogP contribution in [0.2, 0.25) is 0 Å². The minimum atomic E-state index is 0.488. The molecule has 3 rings (SSSR count). The first-order chi connectivity index (χ1) is 8.81. The van der Waals surface area contributed by atoms with Crippen molar-refractivity contribution in [2.75, 3.05) is 5.32 Å². The van der Waals surface area contributed by atoms with Crippen LogP contribution in [0.4, 0.5) is 5.82 Å². The molecule has 0 aliphatic heterocycles. The summed E-state index contributed by atoms with van der Waals surface area (Å²) in [5.41, 5.74) is 2.97. The molecular weight excluding hydrogens is 288 g/mol. The van der Waals surface area contributed by atoms with Gasteiger partial charge in [-0.15, -0.1) is 0 Å². The Morgan fingerprint density at radius 2 is 1.89 bits per heavy atom. The molecule has 0 radical (unpaired) electrons. The second kappa shape index (κ2) is 5.11. The molecule has 0 saturated carbocycles. The van der Waals surface area contributed by atoms with Gasteiger partial charge in [0.1, 0.15) is 10.4 Å². The first kappa shape index (κ1) is 11.7. The van der Waals surface area contributed by atoms with Gasteiger partial charge in [0, 0.05) is 6.04 Å². The normalized spacial score (nSPS) is 18.2. The highest BCUT2D eigenvalue weighted by atomic mass is 79.9. The van der Waals surface area contributed by atoms with Crippen LogP contribution in [0.5, 0.6) is 0 Å². The van der Waals surface area contributed by atoms with E-state index in [4.69, 9.17) is 0 Å². The number of nitrogens with one attached hydrogen (secondary N) is 1. The molecule has 1 aromatic heterocycles. The van der Waals surface area contributed by atoms with E-state index < -0.39 is 0 Å². The van der Waals surface area contributed by atoms with E-state index in [1.54, 1.807) is 0 Å². The molecule has 1 aliphatic carbocycles. The zero-order valence-corrected chi connectivity index (χ0v) is 11.7. The molecule has 2 nitrogen and oxygen atoms in total. The largest absolute Gasteiger partial charge is 0.367 e. The third-order valence-electron chi connectivity index (χ3n) is 3.41. The number of hydrogen-bond donors (Lipinski definition) is 1. The van der Waals surface area contributed by atoms with Crippen molar-refractivity contribution in [2.24, 2.45) is 0 Å². The number of rotatable bonds is 2. The number of anilines is 1. The maximum absolute atomic E-state index is 4.43. The Morgan fingerprint density at radius 3 is 2.72 bits per heavy atom. The lowest BCUT2D eigenvalue weighted by molar-refractivity contribution is 0.608. The van der Waals surface area contributed by atoms with E-state index in [0.29, 0.717) is 6.04 Å². The van der Waals surface area contributed by atoms with Crippen LogP contribution in [0.15, 0.2) is 47.1 Å². The number of pyridine rings is 1. The van der Waals surface area contributed by atoms with Gasteiger partial charge in [0.25, 0.3) is 0 Å². The Bertz CT molecular complexity index is 554. The summed E-state index contributed by atoms with van der Waals surface area (Å²) >= 11 is 3.40. The van der Waals surface area contributed by atoms with Crippen LogP contribution in [0, 0.1) is 0 Å². The van der Waals surface area contributed by atoms with Crippen molar-refractivity contribution in [2.45, 2.75) is 25.3 Å². The van der Waals surface area contributed by atoms with Crippen LogP contribution >= 0.6 is 15.9 Å². The SMILES string of the molecule is Brc1cccc(NC2CCc3ccccc3C2)n1. The summed E-state index contributed by atoms with van der Waals surface area (Å²) in [5, 5.41) is 3.52. The topological polar surface area (TPSA) is 24.9 Å². The fourth-order valence-electron chi connectivity index (χ4n) is 2.52. The summed E-state index contributed by atoms with van der Waals surface area (Å²) in [5.74, 6) is 0.953. The lowest BCUT2D eigenvalue weighted by atomic mass is 9.88. The Labute approximate surface area is 116 Å².